The van der Waals surface area contributed by atoms with Gasteiger partial charge in [-0.1, -0.05) is 205 Å². The third kappa shape index (κ3) is 11.1. The van der Waals surface area contributed by atoms with Crippen molar-refractivity contribution in [2.75, 3.05) is 31.8 Å². The average molecular weight is 1090 g/mol. The third-order valence-corrected chi connectivity index (χ3v) is 15.6. The molecule has 396 valence electrons. The highest BCUT2D eigenvalue weighted by atomic mass is 32.2. The molecule has 7 aromatic carbocycles. The van der Waals surface area contributed by atoms with Crippen molar-refractivity contribution in [1.29, 1.82) is 0 Å². The second kappa shape index (κ2) is 24.4. The molecule has 2 atom stereocenters. The van der Waals surface area contributed by atoms with Gasteiger partial charge in [0.25, 0.3) is 11.8 Å². The van der Waals surface area contributed by atoms with Crippen molar-refractivity contribution < 1.29 is 38.2 Å². The predicted molar refractivity (Wildman–Crippen MR) is 306 cm³/mol. The van der Waals surface area contributed by atoms with Gasteiger partial charge < -0.3 is 35.0 Å². The van der Waals surface area contributed by atoms with E-state index in [-0.39, 0.29) is 36.1 Å². The first kappa shape index (κ1) is 53.2. The molecule has 2 aliphatic heterocycles. The molecule has 0 spiro atoms. The van der Waals surface area contributed by atoms with E-state index in [9.17, 15) is 14.4 Å². The Morgan fingerprint density at radius 3 is 1.70 bits per heavy atom. The van der Waals surface area contributed by atoms with Gasteiger partial charge >= 0.3 is 12.1 Å². The Labute approximate surface area is 465 Å². The van der Waals surface area contributed by atoms with E-state index in [2.05, 4.69) is 52.3 Å². The first-order valence-electron chi connectivity index (χ1n) is 25.4. The number of fused-ring (bicyclic) bond motifs is 1. The molecule has 2 aliphatic rings. The maximum Gasteiger partial charge on any atom is 0.407 e. The Morgan fingerprint density at radius 2 is 1.20 bits per heavy atom. The van der Waals surface area contributed by atoms with Crippen LogP contribution in [-0.4, -0.2) is 77.4 Å². The summed E-state index contributed by atoms with van der Waals surface area (Å²) in [7, 11) is 3.01. The fourth-order valence-electron chi connectivity index (χ4n) is 9.67. The molecule has 0 saturated carbocycles. The van der Waals surface area contributed by atoms with Crippen molar-refractivity contribution >= 4 is 57.8 Å². The molecular formula is C63H54N6O8S2. The minimum Gasteiger partial charge on any atom is -0.497 e. The number of hydrogen-bond acceptors (Lipinski definition) is 13. The van der Waals surface area contributed by atoms with Crippen LogP contribution in [0.2, 0.25) is 0 Å². The Hall–Kier alpha value is -9.25. The Morgan fingerprint density at radius 1 is 0.696 bits per heavy atom. The van der Waals surface area contributed by atoms with E-state index in [1.54, 1.807) is 48.9 Å². The first-order valence-corrected chi connectivity index (χ1v) is 27.3. The molecule has 1 aromatic heterocycles. The molecular weight excluding hydrogens is 1030 g/mol. The maximum absolute atomic E-state index is 15.4. The van der Waals surface area contributed by atoms with E-state index >= 15 is 4.79 Å². The summed E-state index contributed by atoms with van der Waals surface area (Å²) >= 11 is 2.64. The Bertz CT molecular complexity index is 3300. The number of allylic oxidation sites excluding steroid dienone is 1. The topological polar surface area (TPSA) is 170 Å². The molecule has 1 fully saturated rings. The number of amides is 3. The van der Waals surface area contributed by atoms with Gasteiger partial charge in [0.05, 0.1) is 7.11 Å². The zero-order chi connectivity index (χ0) is 54.6. The number of carbonyl (C=O) groups is 4. The Kier molecular flexibility index (Phi) is 16.4. The van der Waals surface area contributed by atoms with E-state index in [0.717, 1.165) is 33.4 Å². The monoisotopic (exact) mass is 1090 g/mol. The summed E-state index contributed by atoms with van der Waals surface area (Å²) < 4.78 is 16.3. The smallest absolute Gasteiger partial charge is 0.407 e. The number of thioether (sulfide) groups is 1. The lowest BCUT2D eigenvalue weighted by Crippen LogP contribution is -2.71. The number of hydrogen-bond donors (Lipinski definition) is 3. The highest BCUT2D eigenvalue weighted by Crippen LogP contribution is 2.44. The van der Waals surface area contributed by atoms with Crippen LogP contribution in [0.15, 0.2) is 240 Å². The summed E-state index contributed by atoms with van der Waals surface area (Å²) in [6, 6.07) is 65.2. The normalized spacial score (nSPS) is 15.3. The molecule has 79 heavy (non-hydrogen) atoms. The molecule has 0 radical (unpaired) electrons. The number of thiazole rings is 1. The SMILES string of the molecule is CNC(=O)OCC=CC1=C(C(=O)OCc2ccc(OC)cc2)N2C(=O)C(NC(=O)C(=NOC(c3ccccc3)(c3ccccc3)c3ccccc3)c3csc(NC(c4ccccc4)(c4ccccc4)c4ccccc4)n3)[C@@H]2SC1. The highest BCUT2D eigenvalue weighted by Gasteiger charge is 2.55. The van der Waals surface area contributed by atoms with Gasteiger partial charge in [-0.25, -0.2) is 14.6 Å². The van der Waals surface area contributed by atoms with E-state index in [1.165, 1.54) is 35.0 Å². The number of aromatic nitrogens is 1. The van der Waals surface area contributed by atoms with Crippen molar-refractivity contribution in [3.63, 3.8) is 0 Å². The predicted octanol–water partition coefficient (Wildman–Crippen LogP) is 10.6. The molecule has 3 heterocycles. The van der Waals surface area contributed by atoms with Gasteiger partial charge in [-0.15, -0.1) is 23.1 Å². The van der Waals surface area contributed by atoms with E-state index in [0.29, 0.717) is 22.0 Å². The van der Waals surface area contributed by atoms with Crippen molar-refractivity contribution in [3.8, 4) is 5.75 Å². The molecule has 10 rings (SSSR count). The molecule has 1 unspecified atom stereocenters. The molecule has 16 heteroatoms. The summed E-state index contributed by atoms with van der Waals surface area (Å²) in [5.41, 5.74) is 3.85. The minimum atomic E-state index is -1.39. The first-order chi connectivity index (χ1) is 38.7. The van der Waals surface area contributed by atoms with Gasteiger partial charge in [-0.3, -0.25) is 14.5 Å². The molecule has 14 nitrogen and oxygen atoms in total. The van der Waals surface area contributed by atoms with Gasteiger partial charge in [0.15, 0.2) is 10.8 Å². The van der Waals surface area contributed by atoms with Gasteiger partial charge in [-0.2, -0.15) is 0 Å². The number of alkyl carbamates (subject to hydrolysis) is 1. The minimum absolute atomic E-state index is 0.00786. The van der Waals surface area contributed by atoms with Crippen molar-refractivity contribution in [1.82, 2.24) is 20.5 Å². The number of oxime groups is 1. The van der Waals surface area contributed by atoms with Crippen LogP contribution >= 0.6 is 23.1 Å². The summed E-state index contributed by atoms with van der Waals surface area (Å²) in [6.45, 7) is -0.186. The fourth-order valence-corrected chi connectivity index (χ4v) is 11.7. The van der Waals surface area contributed by atoms with Gasteiger partial charge in [0.1, 0.15) is 47.3 Å². The molecule has 0 aliphatic carbocycles. The quantitative estimate of drug-likeness (QED) is 0.0218. The van der Waals surface area contributed by atoms with Crippen LogP contribution in [0.5, 0.6) is 5.75 Å². The molecule has 3 amide bonds. The lowest BCUT2D eigenvalue weighted by atomic mass is 9.77. The largest absolute Gasteiger partial charge is 0.497 e. The standard InChI is InChI=1S/C63H54N6O8S2/c1-64-61(73)75-39-21-22-44-41-78-58-54(57(71)69(58)55(44)59(72)76-40-43-35-37-51(74-2)38-36-43)66-56(70)53(68-77-63(48-29-15-6-16-30-48,49-31-17-7-18-32-49)50-33-19-8-20-34-50)52-42-79-60(65-52)67-62(45-23-9-3-10-24-45,46-25-11-4-12-26-46)47-27-13-5-14-28-47/h3-38,42,54,58H,39-41H2,1-2H3,(H,64,73)(H,65,67)(H,66,70)/t54?,58-/m0/s1. The van der Waals surface area contributed by atoms with Crippen LogP contribution in [0.1, 0.15) is 44.6 Å². The second-order valence-corrected chi connectivity index (χ2v) is 20.2. The Balaban J connectivity index is 1.03. The van der Waals surface area contributed by atoms with Crippen molar-refractivity contribution in [2.24, 2.45) is 5.16 Å². The van der Waals surface area contributed by atoms with E-state index < -0.39 is 46.4 Å². The lowest BCUT2D eigenvalue weighted by Gasteiger charge is -2.49. The maximum atomic E-state index is 15.4. The number of β-lactam (4-membered cyclic amide) rings is 1. The molecule has 0 bridgehead atoms. The van der Waals surface area contributed by atoms with Crippen molar-refractivity contribution in [2.45, 2.75) is 29.2 Å². The van der Waals surface area contributed by atoms with Crippen LogP contribution in [0.3, 0.4) is 0 Å². The van der Waals surface area contributed by atoms with Gasteiger partial charge in [0.2, 0.25) is 5.60 Å². The second-order valence-electron chi connectivity index (χ2n) is 18.2. The van der Waals surface area contributed by atoms with Crippen LogP contribution in [0.25, 0.3) is 0 Å². The summed E-state index contributed by atoms with van der Waals surface area (Å²) in [4.78, 5) is 69.5. The van der Waals surface area contributed by atoms with Crippen LogP contribution in [0, 0.1) is 0 Å². The number of ether oxygens (including phenoxy) is 3. The lowest BCUT2D eigenvalue weighted by molar-refractivity contribution is -0.153. The zero-order valence-electron chi connectivity index (χ0n) is 43.1. The average Bonchev–Trinajstić information content (AvgIpc) is 4.07. The number of carbonyl (C=O) groups excluding carboxylic acids is 4. The summed E-state index contributed by atoms with van der Waals surface area (Å²) in [5, 5.41) is 15.5. The van der Waals surface area contributed by atoms with E-state index in [1.807, 2.05) is 146 Å². The number of rotatable bonds is 20. The molecule has 1 saturated heterocycles. The van der Waals surface area contributed by atoms with Crippen molar-refractivity contribution in [3.05, 3.63) is 280 Å². The third-order valence-electron chi connectivity index (χ3n) is 13.5. The van der Waals surface area contributed by atoms with E-state index in [4.69, 9.17) is 29.2 Å². The number of benzene rings is 7. The highest BCUT2D eigenvalue weighted by molar-refractivity contribution is 8.00. The molecule has 3 N–H and O–H groups in total. The number of anilines is 1. The van der Waals surface area contributed by atoms with Gasteiger partial charge in [-0.05, 0) is 46.0 Å². The number of nitrogens with one attached hydrogen (secondary N) is 3. The number of nitrogens with zero attached hydrogens (tertiary/aromatic N) is 3. The number of methoxy groups -OCH3 is 1. The zero-order valence-corrected chi connectivity index (χ0v) is 44.7. The number of esters is 1. The fraction of sp³-hybridized carbons (Fsp3) is 0.143. The van der Waals surface area contributed by atoms with Crippen LogP contribution in [0.4, 0.5) is 9.93 Å². The summed E-state index contributed by atoms with van der Waals surface area (Å²) in [6.07, 6.45) is 2.58. The molecule has 8 aromatic rings. The van der Waals surface area contributed by atoms with Crippen LogP contribution < -0.4 is 20.7 Å². The van der Waals surface area contributed by atoms with Gasteiger partial charge in [0, 0.05) is 34.9 Å². The van der Waals surface area contributed by atoms with Crippen LogP contribution in [-0.2, 0) is 46.4 Å². The summed E-state index contributed by atoms with van der Waals surface area (Å²) in [5.74, 6) is -1.17.